The van der Waals surface area contributed by atoms with Crippen molar-refractivity contribution in [3.8, 4) is 0 Å². The van der Waals surface area contributed by atoms with E-state index >= 15 is 0 Å². The largest absolute Gasteiger partial charge is 0.344 e. The van der Waals surface area contributed by atoms with Crippen LogP contribution in [0, 0.1) is 0 Å². The van der Waals surface area contributed by atoms with Gasteiger partial charge in [0.05, 0.1) is 10.4 Å². The van der Waals surface area contributed by atoms with Crippen LogP contribution in [0.3, 0.4) is 0 Å². The number of hydrogen-bond donors (Lipinski definition) is 2. The van der Waals surface area contributed by atoms with Crippen molar-refractivity contribution in [1.29, 1.82) is 0 Å². The van der Waals surface area contributed by atoms with Gasteiger partial charge in [0.1, 0.15) is 0 Å². The molecule has 0 amide bonds. The van der Waals surface area contributed by atoms with Crippen molar-refractivity contribution in [3.05, 3.63) is 36.5 Å². The summed E-state index contributed by atoms with van der Waals surface area (Å²) in [6, 6.07) is 7.70. The molecule has 0 radical (unpaired) electrons. The van der Waals surface area contributed by atoms with Crippen LogP contribution in [0.4, 0.5) is 0 Å². The minimum Gasteiger partial charge on any atom is -0.344 e. The molecule has 1 aromatic heterocycles. The molecule has 0 unspecified atom stereocenters. The first-order chi connectivity index (χ1) is 6.57. The highest BCUT2D eigenvalue weighted by Crippen LogP contribution is 2.16. The zero-order valence-electron chi connectivity index (χ0n) is 7.79. The van der Waals surface area contributed by atoms with Gasteiger partial charge in [0.25, 0.3) is 10.1 Å². The Kier molecular flexibility index (Phi) is 3.04. The maximum Gasteiger partial charge on any atom is 0.294 e. The fraction of sp³-hybridized carbons (Fsp3) is 0. The minimum absolute atomic E-state index is 0. The second-order valence-electron chi connectivity index (χ2n) is 2.83. The molecule has 5 nitrogen and oxygen atoms in total. The Morgan fingerprint density at radius 3 is 2.60 bits per heavy atom. The summed E-state index contributed by atoms with van der Waals surface area (Å²) in [6.07, 6.45) is 1.62. The van der Waals surface area contributed by atoms with Crippen LogP contribution in [0.15, 0.2) is 41.4 Å². The van der Waals surface area contributed by atoms with Crippen molar-refractivity contribution in [1.82, 2.24) is 11.1 Å². The average Bonchev–Trinajstić information content (AvgIpc) is 2.16. The number of pyridine rings is 1. The Morgan fingerprint density at radius 2 is 1.93 bits per heavy atom. The molecule has 1 heterocycles. The van der Waals surface area contributed by atoms with E-state index in [2.05, 4.69) is 4.98 Å². The molecule has 0 aliphatic rings. The Morgan fingerprint density at radius 1 is 1.20 bits per heavy atom. The highest BCUT2D eigenvalue weighted by molar-refractivity contribution is 7.85. The first-order valence-corrected chi connectivity index (χ1v) is 5.34. The molecule has 0 spiro atoms. The third kappa shape index (κ3) is 2.30. The molecule has 1 aromatic carbocycles. The van der Waals surface area contributed by atoms with Gasteiger partial charge in [-0.3, -0.25) is 9.54 Å². The van der Waals surface area contributed by atoms with Crippen LogP contribution in [0.2, 0.25) is 0 Å². The second kappa shape index (κ2) is 3.93. The van der Waals surface area contributed by atoms with Crippen LogP contribution in [0.1, 0.15) is 0 Å². The van der Waals surface area contributed by atoms with Crippen molar-refractivity contribution >= 4 is 21.0 Å². The third-order valence-corrected chi connectivity index (χ3v) is 2.72. The van der Waals surface area contributed by atoms with E-state index in [0.29, 0.717) is 10.9 Å². The molecular weight excluding hydrogens is 216 g/mol. The van der Waals surface area contributed by atoms with Gasteiger partial charge in [0.2, 0.25) is 0 Å². The molecule has 0 saturated heterocycles. The van der Waals surface area contributed by atoms with Gasteiger partial charge in [-0.05, 0) is 24.3 Å². The van der Waals surface area contributed by atoms with Crippen LogP contribution in [-0.2, 0) is 10.1 Å². The number of fused-ring (bicyclic) bond motifs is 1. The molecule has 4 N–H and O–H groups in total. The van der Waals surface area contributed by atoms with Crippen LogP contribution in [0.25, 0.3) is 10.9 Å². The molecule has 0 atom stereocenters. The quantitative estimate of drug-likeness (QED) is 0.719. The van der Waals surface area contributed by atoms with Crippen molar-refractivity contribution in [3.63, 3.8) is 0 Å². The average molecular weight is 226 g/mol. The summed E-state index contributed by atoms with van der Waals surface area (Å²) in [7, 11) is -4.12. The predicted molar refractivity (Wildman–Crippen MR) is 56.6 cm³/mol. The van der Waals surface area contributed by atoms with Gasteiger partial charge in [-0.25, -0.2) is 0 Å². The molecule has 0 saturated carbocycles. The lowest BCUT2D eigenvalue weighted by molar-refractivity contribution is 0.483. The van der Waals surface area contributed by atoms with E-state index in [1.165, 1.54) is 12.1 Å². The molecule has 15 heavy (non-hydrogen) atoms. The Bertz CT molecular complexity index is 581. The summed E-state index contributed by atoms with van der Waals surface area (Å²) in [4.78, 5) is 3.91. The molecule has 2 rings (SSSR count). The number of nitrogens with zero attached hydrogens (tertiary/aromatic N) is 1. The van der Waals surface area contributed by atoms with Gasteiger partial charge in [0, 0.05) is 11.6 Å². The van der Waals surface area contributed by atoms with E-state index in [9.17, 15) is 8.42 Å². The Balaban J connectivity index is 0.00000112. The summed E-state index contributed by atoms with van der Waals surface area (Å²) >= 11 is 0. The highest BCUT2D eigenvalue weighted by Gasteiger charge is 2.09. The van der Waals surface area contributed by atoms with E-state index < -0.39 is 10.1 Å². The molecule has 2 aromatic rings. The van der Waals surface area contributed by atoms with Gasteiger partial charge in [-0.2, -0.15) is 8.42 Å². The highest BCUT2D eigenvalue weighted by atomic mass is 32.2. The fourth-order valence-electron chi connectivity index (χ4n) is 1.21. The van der Waals surface area contributed by atoms with E-state index in [1.807, 2.05) is 0 Å². The van der Waals surface area contributed by atoms with E-state index in [1.54, 1.807) is 24.4 Å². The molecule has 80 valence electrons. The maximum atomic E-state index is 10.8. The fourth-order valence-corrected chi connectivity index (χ4v) is 1.73. The second-order valence-corrected chi connectivity index (χ2v) is 4.25. The summed E-state index contributed by atoms with van der Waals surface area (Å²) in [5.41, 5.74) is 0.694. The van der Waals surface area contributed by atoms with Gasteiger partial charge in [-0.15, -0.1) is 0 Å². The lowest BCUT2D eigenvalue weighted by atomic mass is 10.2. The number of aromatic nitrogens is 1. The standard InChI is InChI=1S/C9H7NO3S.H3N/c11-14(12,13)8-3-4-9-7(6-8)2-1-5-10-9;/h1-6H,(H,11,12,13);1H3. The molecular formula is C9H10N2O3S. The van der Waals surface area contributed by atoms with Gasteiger partial charge in [0.15, 0.2) is 0 Å². The van der Waals surface area contributed by atoms with Crippen LogP contribution >= 0.6 is 0 Å². The number of benzene rings is 1. The monoisotopic (exact) mass is 226 g/mol. The maximum absolute atomic E-state index is 10.8. The van der Waals surface area contributed by atoms with Crippen molar-refractivity contribution in [2.45, 2.75) is 4.90 Å². The third-order valence-electron chi connectivity index (χ3n) is 1.87. The Labute approximate surface area is 87.1 Å². The van der Waals surface area contributed by atoms with E-state index in [-0.39, 0.29) is 11.0 Å². The zero-order valence-corrected chi connectivity index (χ0v) is 8.61. The lowest BCUT2D eigenvalue weighted by Crippen LogP contribution is -1.97. The van der Waals surface area contributed by atoms with Crippen molar-refractivity contribution in [2.24, 2.45) is 0 Å². The summed E-state index contributed by atoms with van der Waals surface area (Å²) in [5, 5.41) is 0.683. The van der Waals surface area contributed by atoms with Gasteiger partial charge < -0.3 is 6.15 Å². The lowest BCUT2D eigenvalue weighted by Gasteiger charge is -1.99. The number of hydrogen-bond acceptors (Lipinski definition) is 4. The van der Waals surface area contributed by atoms with E-state index in [0.717, 1.165) is 0 Å². The summed E-state index contributed by atoms with van der Waals surface area (Å²) < 4.78 is 30.4. The zero-order chi connectivity index (χ0) is 10.2. The van der Waals surface area contributed by atoms with E-state index in [4.69, 9.17) is 4.55 Å². The van der Waals surface area contributed by atoms with Crippen molar-refractivity contribution in [2.75, 3.05) is 0 Å². The number of rotatable bonds is 1. The van der Waals surface area contributed by atoms with Crippen molar-refractivity contribution < 1.29 is 13.0 Å². The topological polar surface area (TPSA) is 102 Å². The van der Waals surface area contributed by atoms with Gasteiger partial charge in [-0.1, -0.05) is 6.07 Å². The van der Waals surface area contributed by atoms with Crippen LogP contribution in [-0.4, -0.2) is 18.0 Å². The molecule has 0 bridgehead atoms. The minimum atomic E-state index is -4.12. The smallest absolute Gasteiger partial charge is 0.294 e. The molecule has 0 aliphatic heterocycles. The summed E-state index contributed by atoms with van der Waals surface area (Å²) in [6.45, 7) is 0. The summed E-state index contributed by atoms with van der Waals surface area (Å²) in [5.74, 6) is 0. The SMILES string of the molecule is N.O=S(=O)(O)c1ccc2ncccc2c1. The van der Waals surface area contributed by atoms with Crippen LogP contribution in [0.5, 0.6) is 0 Å². The molecule has 0 fully saturated rings. The predicted octanol–water partition coefficient (Wildman–Crippen LogP) is 1.64. The Hall–Kier alpha value is -1.50. The van der Waals surface area contributed by atoms with Crippen LogP contribution < -0.4 is 6.15 Å². The first kappa shape index (κ1) is 11.6. The van der Waals surface area contributed by atoms with Gasteiger partial charge >= 0.3 is 0 Å². The molecule has 0 aliphatic carbocycles. The first-order valence-electron chi connectivity index (χ1n) is 3.90. The molecule has 6 heteroatoms. The normalized spacial score (nSPS) is 11.0.